The molecule has 1 aliphatic rings. The number of likely N-dealkylation sites (tertiary alicyclic amines) is 1. The van der Waals surface area contributed by atoms with Gasteiger partial charge in [0.2, 0.25) is 0 Å². The Balaban J connectivity index is 2.19. The van der Waals surface area contributed by atoms with E-state index in [-0.39, 0.29) is 18.2 Å². The topological polar surface area (TPSA) is 29.3 Å². The van der Waals surface area contributed by atoms with Crippen LogP contribution in [0.5, 0.6) is 0 Å². The summed E-state index contributed by atoms with van der Waals surface area (Å²) in [6, 6.07) is 1.16. The summed E-state index contributed by atoms with van der Waals surface area (Å²) in [4.78, 5) is 2.08. The van der Waals surface area contributed by atoms with Crippen molar-refractivity contribution in [2.45, 2.75) is 32.2 Å². The van der Waals surface area contributed by atoms with Crippen molar-refractivity contribution in [3.8, 4) is 0 Å². The molecule has 2 atom stereocenters. The molecule has 0 radical (unpaired) electrons. The van der Waals surface area contributed by atoms with Crippen molar-refractivity contribution in [1.82, 2.24) is 4.90 Å². The summed E-state index contributed by atoms with van der Waals surface area (Å²) in [7, 11) is 0. The molecule has 0 spiro atoms. The van der Waals surface area contributed by atoms with Gasteiger partial charge >= 0.3 is 0 Å². The van der Waals surface area contributed by atoms with Crippen molar-refractivity contribution in [3.63, 3.8) is 0 Å². The van der Waals surface area contributed by atoms with Crippen LogP contribution in [0.15, 0.2) is 12.1 Å². The van der Waals surface area contributed by atoms with Crippen LogP contribution in [0.4, 0.5) is 13.2 Å². The molecule has 1 heterocycles. The Morgan fingerprint density at radius 2 is 1.95 bits per heavy atom. The van der Waals surface area contributed by atoms with Gasteiger partial charge < -0.3 is 5.73 Å². The Morgan fingerprint density at radius 3 is 2.60 bits per heavy atom. The number of halogens is 3. The first-order chi connectivity index (χ1) is 9.56. The summed E-state index contributed by atoms with van der Waals surface area (Å²) in [6.07, 6.45) is 3.30. The second-order valence-electron chi connectivity index (χ2n) is 5.48. The molecular weight excluding hydrogens is 265 g/mol. The first-order valence-electron chi connectivity index (χ1n) is 7.15. The zero-order valence-corrected chi connectivity index (χ0v) is 11.7. The lowest BCUT2D eigenvalue weighted by Gasteiger charge is -2.27. The predicted octanol–water partition coefficient (Wildman–Crippen LogP) is 3.23. The van der Waals surface area contributed by atoms with E-state index in [4.69, 9.17) is 5.73 Å². The number of rotatable bonds is 5. The van der Waals surface area contributed by atoms with Crippen LogP contribution < -0.4 is 5.73 Å². The fraction of sp³-hybridized carbons (Fsp3) is 0.600. The third-order valence-corrected chi connectivity index (χ3v) is 4.08. The van der Waals surface area contributed by atoms with Gasteiger partial charge in [-0.3, -0.25) is 4.90 Å². The van der Waals surface area contributed by atoms with Gasteiger partial charge in [0.15, 0.2) is 11.6 Å². The molecule has 1 aromatic carbocycles. The third-order valence-electron chi connectivity index (χ3n) is 4.08. The maximum atomic E-state index is 13.9. The van der Waals surface area contributed by atoms with Crippen molar-refractivity contribution in [2.75, 3.05) is 19.6 Å². The summed E-state index contributed by atoms with van der Waals surface area (Å²) in [5, 5.41) is 0. The highest BCUT2D eigenvalue weighted by molar-refractivity contribution is 5.24. The van der Waals surface area contributed by atoms with Crippen molar-refractivity contribution >= 4 is 0 Å². The van der Waals surface area contributed by atoms with Gasteiger partial charge in [-0.05, 0) is 31.4 Å². The minimum absolute atomic E-state index is 0.156. The summed E-state index contributed by atoms with van der Waals surface area (Å²) in [5.41, 5.74) is 5.89. The second kappa shape index (κ2) is 6.59. The average Bonchev–Trinajstić information content (AvgIpc) is 2.85. The standard InChI is InChI=1S/C15H21F3N2/c1-2-3-10-4-5-20(9-10)15(8-19)11-6-13(17)14(18)7-12(11)16/h6-7,10,15H,2-5,8-9,19H2,1H3. The molecule has 5 heteroatoms. The zero-order chi connectivity index (χ0) is 14.7. The maximum Gasteiger partial charge on any atom is 0.161 e. The number of nitrogens with zero attached hydrogens (tertiary/aromatic N) is 1. The summed E-state index contributed by atoms with van der Waals surface area (Å²) in [5.74, 6) is -2.32. The Bertz CT molecular complexity index is 465. The average molecular weight is 286 g/mol. The Morgan fingerprint density at radius 1 is 1.25 bits per heavy atom. The Kier molecular flexibility index (Phi) is 5.05. The molecule has 0 saturated carbocycles. The minimum atomic E-state index is -1.16. The molecular formula is C15H21F3N2. The molecule has 1 aromatic rings. The summed E-state index contributed by atoms with van der Waals surface area (Å²) >= 11 is 0. The van der Waals surface area contributed by atoms with Gasteiger partial charge in [0.1, 0.15) is 5.82 Å². The largest absolute Gasteiger partial charge is 0.329 e. The molecule has 0 bridgehead atoms. The van der Waals surface area contributed by atoms with E-state index in [1.165, 1.54) is 0 Å². The van der Waals surface area contributed by atoms with E-state index >= 15 is 0 Å². The van der Waals surface area contributed by atoms with Crippen LogP contribution in [0.2, 0.25) is 0 Å². The fourth-order valence-electron chi connectivity index (χ4n) is 3.06. The van der Waals surface area contributed by atoms with Crippen LogP contribution >= 0.6 is 0 Å². The van der Waals surface area contributed by atoms with Gasteiger partial charge in [0, 0.05) is 24.7 Å². The maximum absolute atomic E-state index is 13.9. The SMILES string of the molecule is CCCC1CCN(C(CN)c2cc(F)c(F)cc2F)C1. The molecule has 2 unspecified atom stereocenters. The van der Waals surface area contributed by atoms with Gasteiger partial charge in [-0.25, -0.2) is 13.2 Å². The molecule has 0 aliphatic carbocycles. The highest BCUT2D eigenvalue weighted by Gasteiger charge is 2.30. The Hall–Kier alpha value is -1.07. The molecule has 2 N–H and O–H groups in total. The van der Waals surface area contributed by atoms with E-state index in [9.17, 15) is 13.2 Å². The first kappa shape index (κ1) is 15.3. The van der Waals surface area contributed by atoms with Gasteiger partial charge in [-0.15, -0.1) is 0 Å². The van der Waals surface area contributed by atoms with E-state index in [1.807, 2.05) is 0 Å². The van der Waals surface area contributed by atoms with E-state index in [1.54, 1.807) is 0 Å². The van der Waals surface area contributed by atoms with Crippen molar-refractivity contribution in [3.05, 3.63) is 35.1 Å². The lowest BCUT2D eigenvalue weighted by molar-refractivity contribution is 0.234. The number of benzene rings is 1. The smallest absolute Gasteiger partial charge is 0.161 e. The molecule has 0 amide bonds. The third kappa shape index (κ3) is 3.15. The van der Waals surface area contributed by atoms with Gasteiger partial charge in [-0.2, -0.15) is 0 Å². The number of nitrogens with two attached hydrogens (primary N) is 1. The van der Waals surface area contributed by atoms with E-state index in [0.29, 0.717) is 12.0 Å². The predicted molar refractivity (Wildman–Crippen MR) is 72.7 cm³/mol. The van der Waals surface area contributed by atoms with E-state index in [2.05, 4.69) is 11.8 Å². The summed E-state index contributed by atoms with van der Waals surface area (Å²) in [6.45, 7) is 4.00. The van der Waals surface area contributed by atoms with E-state index < -0.39 is 17.5 Å². The van der Waals surface area contributed by atoms with Crippen molar-refractivity contribution in [2.24, 2.45) is 11.7 Å². The fourth-order valence-corrected chi connectivity index (χ4v) is 3.06. The van der Waals surface area contributed by atoms with Crippen molar-refractivity contribution in [1.29, 1.82) is 0 Å². The Labute approximate surface area is 117 Å². The van der Waals surface area contributed by atoms with Gasteiger partial charge in [0.25, 0.3) is 0 Å². The highest BCUT2D eigenvalue weighted by atomic mass is 19.2. The first-order valence-corrected chi connectivity index (χ1v) is 7.15. The molecule has 2 rings (SSSR count). The molecule has 1 fully saturated rings. The molecule has 1 saturated heterocycles. The second-order valence-corrected chi connectivity index (χ2v) is 5.48. The monoisotopic (exact) mass is 286 g/mol. The van der Waals surface area contributed by atoms with Crippen molar-refractivity contribution < 1.29 is 13.2 Å². The quantitative estimate of drug-likeness (QED) is 0.842. The molecule has 1 aliphatic heterocycles. The zero-order valence-electron chi connectivity index (χ0n) is 11.7. The molecule has 112 valence electrons. The highest BCUT2D eigenvalue weighted by Crippen LogP contribution is 2.31. The number of hydrogen-bond acceptors (Lipinski definition) is 2. The van der Waals surface area contributed by atoms with E-state index in [0.717, 1.165) is 38.4 Å². The van der Waals surface area contributed by atoms with Crippen LogP contribution in [0.1, 0.15) is 37.8 Å². The normalized spacial score (nSPS) is 21.4. The van der Waals surface area contributed by atoms with Crippen LogP contribution in [-0.4, -0.2) is 24.5 Å². The lowest BCUT2D eigenvalue weighted by Crippen LogP contribution is -2.33. The molecule has 2 nitrogen and oxygen atoms in total. The summed E-state index contributed by atoms with van der Waals surface area (Å²) < 4.78 is 40.2. The molecule has 0 aromatic heterocycles. The van der Waals surface area contributed by atoms with Crippen LogP contribution in [0.3, 0.4) is 0 Å². The van der Waals surface area contributed by atoms with Crippen LogP contribution in [0, 0.1) is 23.4 Å². The van der Waals surface area contributed by atoms with Crippen LogP contribution in [0.25, 0.3) is 0 Å². The lowest BCUT2D eigenvalue weighted by atomic mass is 10.0. The minimum Gasteiger partial charge on any atom is -0.329 e. The molecule has 20 heavy (non-hydrogen) atoms. The van der Waals surface area contributed by atoms with Gasteiger partial charge in [-0.1, -0.05) is 13.3 Å². The number of hydrogen-bond donors (Lipinski definition) is 1. The van der Waals surface area contributed by atoms with Gasteiger partial charge in [0.05, 0.1) is 6.04 Å². The van der Waals surface area contributed by atoms with Crippen LogP contribution in [-0.2, 0) is 0 Å².